The fourth-order valence-electron chi connectivity index (χ4n) is 1.93. The van der Waals surface area contributed by atoms with E-state index in [0.29, 0.717) is 18.0 Å². The van der Waals surface area contributed by atoms with Gasteiger partial charge in [-0.05, 0) is 25.1 Å². The monoisotopic (exact) mass is 319 g/mol. The Hall–Kier alpha value is -2.67. The van der Waals surface area contributed by atoms with Crippen molar-refractivity contribution < 1.29 is 18.7 Å². The second-order valence-corrected chi connectivity index (χ2v) is 4.88. The summed E-state index contributed by atoms with van der Waals surface area (Å²) in [4.78, 5) is 15.8. The van der Waals surface area contributed by atoms with Crippen LogP contribution in [-0.4, -0.2) is 30.8 Å². The number of hydrogen-bond donors (Lipinski definition) is 2. The molecule has 0 bridgehead atoms. The van der Waals surface area contributed by atoms with Crippen LogP contribution >= 0.6 is 0 Å². The normalized spacial score (nSPS) is 11.6. The predicted octanol–water partition coefficient (Wildman–Crippen LogP) is 3.28. The number of aromatic nitrogens is 1. The number of halogens is 1. The average molecular weight is 319 g/mol. The van der Waals surface area contributed by atoms with Gasteiger partial charge in [0.15, 0.2) is 0 Å². The van der Waals surface area contributed by atoms with Crippen molar-refractivity contribution in [3.63, 3.8) is 0 Å². The molecule has 2 rings (SSSR count). The van der Waals surface area contributed by atoms with E-state index in [2.05, 4.69) is 15.6 Å². The summed E-state index contributed by atoms with van der Waals surface area (Å²) in [7, 11) is 1.56. The first-order chi connectivity index (χ1) is 11.1. The zero-order valence-corrected chi connectivity index (χ0v) is 12.9. The predicted molar refractivity (Wildman–Crippen MR) is 85.2 cm³/mol. The molecule has 0 aliphatic rings. The van der Waals surface area contributed by atoms with Gasteiger partial charge < -0.3 is 20.1 Å². The van der Waals surface area contributed by atoms with Crippen LogP contribution in [0.15, 0.2) is 42.7 Å². The van der Waals surface area contributed by atoms with Crippen LogP contribution in [0.5, 0.6) is 5.75 Å². The average Bonchev–Trinajstić information content (AvgIpc) is 2.47. The number of nitrogens with zero attached hydrogens (tertiary/aromatic N) is 1. The Balaban J connectivity index is 2.01. The third-order valence-electron chi connectivity index (χ3n) is 2.79. The third-order valence-corrected chi connectivity index (χ3v) is 2.79. The lowest BCUT2D eigenvalue weighted by Gasteiger charge is -2.15. The molecule has 2 amide bonds. The molecule has 1 heterocycles. The topological polar surface area (TPSA) is 72.5 Å². The van der Waals surface area contributed by atoms with Crippen molar-refractivity contribution in [1.29, 1.82) is 0 Å². The zero-order valence-electron chi connectivity index (χ0n) is 12.9. The molecule has 122 valence electrons. The maximum absolute atomic E-state index is 13.6. The lowest BCUT2D eigenvalue weighted by Crippen LogP contribution is -2.20. The van der Waals surface area contributed by atoms with Crippen molar-refractivity contribution in [2.24, 2.45) is 0 Å². The van der Waals surface area contributed by atoms with Crippen LogP contribution in [0.25, 0.3) is 0 Å². The molecule has 6 nitrogen and oxygen atoms in total. The standard InChI is InChI=1S/C16H18FN3O3/c1-11(10-22-2)23-15-7-12(17)6-14(8-15)20-16(21)19-13-4-3-5-18-9-13/h3-9,11H,10H2,1-2H3,(H2,19,20,21). The second kappa shape index (κ2) is 8.09. The minimum atomic E-state index is -0.510. The lowest BCUT2D eigenvalue weighted by atomic mass is 10.3. The number of rotatable bonds is 6. The number of pyridine rings is 1. The molecule has 0 aliphatic carbocycles. The van der Waals surface area contributed by atoms with Gasteiger partial charge >= 0.3 is 6.03 Å². The van der Waals surface area contributed by atoms with Crippen LogP contribution in [0, 0.1) is 5.82 Å². The van der Waals surface area contributed by atoms with Crippen molar-refractivity contribution >= 4 is 17.4 Å². The summed E-state index contributed by atoms with van der Waals surface area (Å²) in [5, 5.41) is 5.14. The van der Waals surface area contributed by atoms with Crippen LogP contribution in [-0.2, 0) is 4.74 Å². The first-order valence-electron chi connectivity index (χ1n) is 7.01. The van der Waals surface area contributed by atoms with Crippen molar-refractivity contribution in [2.75, 3.05) is 24.4 Å². The molecule has 0 saturated carbocycles. The minimum Gasteiger partial charge on any atom is -0.488 e. The Bertz CT molecular complexity index is 652. The molecule has 0 radical (unpaired) electrons. The van der Waals surface area contributed by atoms with E-state index in [1.165, 1.54) is 24.4 Å². The van der Waals surface area contributed by atoms with E-state index < -0.39 is 11.8 Å². The summed E-state index contributed by atoms with van der Waals surface area (Å²) in [5.41, 5.74) is 0.817. The van der Waals surface area contributed by atoms with E-state index in [1.807, 2.05) is 0 Å². The van der Waals surface area contributed by atoms with Gasteiger partial charge in [0.2, 0.25) is 0 Å². The smallest absolute Gasteiger partial charge is 0.323 e. The van der Waals surface area contributed by atoms with E-state index in [4.69, 9.17) is 9.47 Å². The van der Waals surface area contributed by atoms with Gasteiger partial charge in [-0.1, -0.05) is 0 Å². The molecule has 23 heavy (non-hydrogen) atoms. The molecule has 1 unspecified atom stereocenters. The SMILES string of the molecule is COCC(C)Oc1cc(F)cc(NC(=O)Nc2cccnc2)c1. The number of hydrogen-bond acceptors (Lipinski definition) is 4. The second-order valence-electron chi connectivity index (χ2n) is 4.88. The van der Waals surface area contributed by atoms with Crippen LogP contribution in [0.3, 0.4) is 0 Å². The Morgan fingerprint density at radius 2 is 2.09 bits per heavy atom. The van der Waals surface area contributed by atoms with Gasteiger partial charge in [0.1, 0.15) is 17.7 Å². The number of ether oxygens (including phenoxy) is 2. The molecule has 1 aromatic carbocycles. The van der Waals surface area contributed by atoms with Gasteiger partial charge in [-0.3, -0.25) is 4.98 Å². The fourth-order valence-corrected chi connectivity index (χ4v) is 1.93. The highest BCUT2D eigenvalue weighted by Gasteiger charge is 2.09. The van der Waals surface area contributed by atoms with E-state index in [9.17, 15) is 9.18 Å². The molecule has 0 fully saturated rings. The highest BCUT2D eigenvalue weighted by molar-refractivity contribution is 5.99. The van der Waals surface area contributed by atoms with Gasteiger partial charge in [-0.15, -0.1) is 0 Å². The molecule has 1 atom stereocenters. The summed E-state index contributed by atoms with van der Waals surface area (Å²) >= 11 is 0. The zero-order chi connectivity index (χ0) is 16.7. The number of benzene rings is 1. The van der Waals surface area contributed by atoms with E-state index in [1.54, 1.807) is 32.4 Å². The van der Waals surface area contributed by atoms with E-state index >= 15 is 0 Å². The molecule has 0 aliphatic heterocycles. The Labute approximate surface area is 133 Å². The first kappa shape index (κ1) is 16.7. The van der Waals surface area contributed by atoms with Crippen molar-refractivity contribution in [2.45, 2.75) is 13.0 Å². The summed E-state index contributed by atoms with van der Waals surface area (Å²) < 4.78 is 24.1. The number of methoxy groups -OCH3 is 1. The maximum atomic E-state index is 13.6. The molecule has 0 spiro atoms. The minimum absolute atomic E-state index is 0.237. The van der Waals surface area contributed by atoms with Crippen molar-refractivity contribution in [3.05, 3.63) is 48.5 Å². The highest BCUT2D eigenvalue weighted by Crippen LogP contribution is 2.21. The van der Waals surface area contributed by atoms with E-state index in [0.717, 1.165) is 0 Å². The van der Waals surface area contributed by atoms with Gasteiger partial charge in [-0.25, -0.2) is 9.18 Å². The number of carbonyl (C=O) groups is 1. The Morgan fingerprint density at radius 1 is 1.30 bits per heavy atom. The number of carbonyl (C=O) groups excluding carboxylic acids is 1. The van der Waals surface area contributed by atoms with Crippen LogP contribution < -0.4 is 15.4 Å². The molecule has 1 aromatic heterocycles. The number of amides is 2. The summed E-state index contributed by atoms with van der Waals surface area (Å²) in [6.45, 7) is 2.18. The fraction of sp³-hybridized carbons (Fsp3) is 0.250. The Kier molecular flexibility index (Phi) is 5.87. The van der Waals surface area contributed by atoms with Crippen LogP contribution in [0.2, 0.25) is 0 Å². The molecule has 0 saturated heterocycles. The van der Waals surface area contributed by atoms with Crippen LogP contribution in [0.4, 0.5) is 20.6 Å². The molecule has 2 N–H and O–H groups in total. The van der Waals surface area contributed by atoms with Crippen molar-refractivity contribution in [3.8, 4) is 5.75 Å². The van der Waals surface area contributed by atoms with Gasteiger partial charge in [0, 0.05) is 31.1 Å². The van der Waals surface area contributed by atoms with E-state index in [-0.39, 0.29) is 11.8 Å². The van der Waals surface area contributed by atoms with Gasteiger partial charge in [-0.2, -0.15) is 0 Å². The highest BCUT2D eigenvalue weighted by atomic mass is 19.1. The summed E-state index contributed by atoms with van der Waals surface area (Å²) in [6.07, 6.45) is 2.87. The number of anilines is 2. The largest absolute Gasteiger partial charge is 0.488 e. The van der Waals surface area contributed by atoms with Gasteiger partial charge in [0.25, 0.3) is 0 Å². The van der Waals surface area contributed by atoms with Gasteiger partial charge in [0.05, 0.1) is 18.5 Å². The molecular weight excluding hydrogens is 301 g/mol. The number of nitrogens with one attached hydrogen (secondary N) is 2. The summed E-state index contributed by atoms with van der Waals surface area (Å²) in [6, 6.07) is 6.88. The molecule has 7 heteroatoms. The molecule has 2 aromatic rings. The molecular formula is C16H18FN3O3. The van der Waals surface area contributed by atoms with Crippen molar-refractivity contribution in [1.82, 2.24) is 4.98 Å². The quantitative estimate of drug-likeness (QED) is 0.857. The van der Waals surface area contributed by atoms with Crippen LogP contribution in [0.1, 0.15) is 6.92 Å². The number of urea groups is 1. The first-order valence-corrected chi connectivity index (χ1v) is 7.01. The lowest BCUT2D eigenvalue weighted by molar-refractivity contribution is 0.0919. The summed E-state index contributed by atoms with van der Waals surface area (Å²) in [5.74, 6) is -0.199. The third kappa shape index (κ3) is 5.55. The maximum Gasteiger partial charge on any atom is 0.323 e. The Morgan fingerprint density at radius 3 is 2.78 bits per heavy atom.